The van der Waals surface area contributed by atoms with E-state index in [1.54, 1.807) is 0 Å². The van der Waals surface area contributed by atoms with E-state index in [0.717, 1.165) is 17.4 Å². The molecule has 25 heavy (non-hydrogen) atoms. The molecule has 1 saturated heterocycles. The van der Waals surface area contributed by atoms with Crippen LogP contribution in [0.4, 0.5) is 0 Å². The Balaban J connectivity index is 0.00000182. The van der Waals surface area contributed by atoms with E-state index in [-0.39, 0.29) is 12.4 Å². The van der Waals surface area contributed by atoms with Gasteiger partial charge in [0.05, 0.1) is 0 Å². The molecule has 0 aromatic heterocycles. The van der Waals surface area contributed by atoms with Crippen LogP contribution in [0.5, 0.6) is 11.5 Å². The van der Waals surface area contributed by atoms with E-state index >= 15 is 0 Å². The van der Waals surface area contributed by atoms with Gasteiger partial charge >= 0.3 is 0 Å². The van der Waals surface area contributed by atoms with Crippen LogP contribution < -0.4 is 15.2 Å². The Bertz CT molecular complexity index is 553. The molecule has 1 aromatic carbocycles. The predicted molar refractivity (Wildman–Crippen MR) is 103 cm³/mol. The molecular formula is C20H31ClN2O2. The summed E-state index contributed by atoms with van der Waals surface area (Å²) in [5.74, 6) is 3.44. The lowest BCUT2D eigenvalue weighted by molar-refractivity contribution is 0.169. The fraction of sp³-hybridized carbons (Fsp3) is 0.700. The smallest absolute Gasteiger partial charge is 0.231 e. The molecule has 1 saturated carbocycles. The van der Waals surface area contributed by atoms with Gasteiger partial charge in [-0.05, 0) is 82.5 Å². The second kappa shape index (κ2) is 8.61. The van der Waals surface area contributed by atoms with Crippen LogP contribution in [0.3, 0.4) is 0 Å². The molecular weight excluding hydrogens is 336 g/mol. The fourth-order valence-corrected chi connectivity index (χ4v) is 4.58. The summed E-state index contributed by atoms with van der Waals surface area (Å²) in [6, 6.07) is 6.80. The normalized spacial score (nSPS) is 27.1. The van der Waals surface area contributed by atoms with Crippen LogP contribution in [0.2, 0.25) is 0 Å². The van der Waals surface area contributed by atoms with Crippen LogP contribution in [-0.2, 0) is 0 Å². The van der Waals surface area contributed by atoms with Crippen LogP contribution >= 0.6 is 12.4 Å². The highest BCUT2D eigenvalue weighted by Crippen LogP contribution is 2.42. The SMILES string of the molecule is Cl.N[C@H]1CC[C@H](CCN2CCC(c3cccc4c3OCO4)CC2)CC1. The second-order valence-corrected chi connectivity index (χ2v) is 7.77. The van der Waals surface area contributed by atoms with Gasteiger partial charge in [0, 0.05) is 11.6 Å². The molecule has 0 spiro atoms. The summed E-state index contributed by atoms with van der Waals surface area (Å²) in [6.07, 6.45) is 8.96. The number of hydrogen-bond acceptors (Lipinski definition) is 4. The Morgan fingerprint density at radius 3 is 2.52 bits per heavy atom. The van der Waals surface area contributed by atoms with Crippen LogP contribution in [0.1, 0.15) is 56.4 Å². The van der Waals surface area contributed by atoms with Gasteiger partial charge in [0.25, 0.3) is 0 Å². The van der Waals surface area contributed by atoms with Crippen molar-refractivity contribution in [3.63, 3.8) is 0 Å². The van der Waals surface area contributed by atoms with E-state index in [1.165, 1.54) is 70.1 Å². The van der Waals surface area contributed by atoms with Crippen LogP contribution in [-0.4, -0.2) is 37.4 Å². The Morgan fingerprint density at radius 2 is 1.76 bits per heavy atom. The minimum atomic E-state index is 0. The van der Waals surface area contributed by atoms with E-state index in [1.807, 2.05) is 6.07 Å². The largest absolute Gasteiger partial charge is 0.454 e. The third-order valence-corrected chi connectivity index (χ3v) is 6.20. The maximum absolute atomic E-state index is 6.02. The molecule has 3 aliphatic rings. The average Bonchev–Trinajstić information content (AvgIpc) is 3.10. The number of benzene rings is 1. The molecule has 4 nitrogen and oxygen atoms in total. The Kier molecular flexibility index (Phi) is 6.48. The van der Waals surface area contributed by atoms with Crippen molar-refractivity contribution in [2.24, 2.45) is 11.7 Å². The zero-order valence-electron chi connectivity index (χ0n) is 15.0. The third-order valence-electron chi connectivity index (χ3n) is 6.20. The van der Waals surface area contributed by atoms with Crippen molar-refractivity contribution >= 4 is 12.4 Å². The fourth-order valence-electron chi connectivity index (χ4n) is 4.58. The number of rotatable bonds is 4. The molecule has 2 fully saturated rings. The first kappa shape index (κ1) is 18.8. The summed E-state index contributed by atoms with van der Waals surface area (Å²) in [5, 5.41) is 0. The molecule has 1 aromatic rings. The summed E-state index contributed by atoms with van der Waals surface area (Å²) in [5.41, 5.74) is 7.37. The maximum atomic E-state index is 6.02. The second-order valence-electron chi connectivity index (χ2n) is 7.77. The predicted octanol–water partition coefficient (Wildman–Crippen LogP) is 3.92. The van der Waals surface area contributed by atoms with Crippen molar-refractivity contribution in [3.8, 4) is 11.5 Å². The summed E-state index contributed by atoms with van der Waals surface area (Å²) in [4.78, 5) is 2.66. The molecule has 4 rings (SSSR count). The number of ether oxygens (including phenoxy) is 2. The number of nitrogens with zero attached hydrogens (tertiary/aromatic N) is 1. The highest BCUT2D eigenvalue weighted by molar-refractivity contribution is 5.85. The monoisotopic (exact) mass is 366 g/mol. The van der Waals surface area contributed by atoms with Crippen molar-refractivity contribution in [1.82, 2.24) is 4.90 Å². The van der Waals surface area contributed by atoms with Gasteiger partial charge in [-0.1, -0.05) is 12.1 Å². The quantitative estimate of drug-likeness (QED) is 0.877. The first-order chi connectivity index (χ1) is 11.8. The van der Waals surface area contributed by atoms with Gasteiger partial charge in [0.1, 0.15) is 0 Å². The van der Waals surface area contributed by atoms with Crippen LogP contribution in [0.25, 0.3) is 0 Å². The molecule has 2 aliphatic heterocycles. The van der Waals surface area contributed by atoms with E-state index in [4.69, 9.17) is 15.2 Å². The van der Waals surface area contributed by atoms with E-state index in [9.17, 15) is 0 Å². The number of para-hydroxylation sites is 1. The lowest BCUT2D eigenvalue weighted by atomic mass is 9.84. The van der Waals surface area contributed by atoms with Crippen LogP contribution in [0.15, 0.2) is 18.2 Å². The molecule has 0 bridgehead atoms. The molecule has 5 heteroatoms. The highest BCUT2D eigenvalue weighted by atomic mass is 35.5. The van der Waals surface area contributed by atoms with E-state index in [0.29, 0.717) is 18.8 Å². The topological polar surface area (TPSA) is 47.7 Å². The van der Waals surface area contributed by atoms with E-state index < -0.39 is 0 Å². The molecule has 0 unspecified atom stereocenters. The van der Waals surface area contributed by atoms with Gasteiger partial charge in [0.2, 0.25) is 6.79 Å². The molecule has 1 aliphatic carbocycles. The van der Waals surface area contributed by atoms with Crippen molar-refractivity contribution in [1.29, 1.82) is 0 Å². The Hall–Kier alpha value is -0.970. The molecule has 2 N–H and O–H groups in total. The van der Waals surface area contributed by atoms with Gasteiger partial charge in [0.15, 0.2) is 11.5 Å². The molecule has 2 heterocycles. The molecule has 140 valence electrons. The number of fused-ring (bicyclic) bond motifs is 1. The summed E-state index contributed by atoms with van der Waals surface area (Å²) in [6.45, 7) is 4.05. The Labute approximate surface area is 157 Å². The van der Waals surface area contributed by atoms with Gasteiger partial charge in [-0.2, -0.15) is 0 Å². The summed E-state index contributed by atoms with van der Waals surface area (Å²) in [7, 11) is 0. The van der Waals surface area contributed by atoms with Crippen LogP contribution in [0, 0.1) is 5.92 Å². The lowest BCUT2D eigenvalue weighted by Crippen LogP contribution is -2.35. The standard InChI is InChI=1S/C20H30N2O2.ClH/c21-17-6-4-15(5-7-17)8-11-22-12-9-16(10-13-22)18-2-1-3-19-20(18)24-14-23-19;/h1-3,15-17H,4-14,21H2;1H/t15-,17-;. The highest BCUT2D eigenvalue weighted by Gasteiger charge is 2.27. The van der Waals surface area contributed by atoms with E-state index in [2.05, 4.69) is 17.0 Å². The zero-order chi connectivity index (χ0) is 16.4. The van der Waals surface area contributed by atoms with Gasteiger partial charge in [-0.3, -0.25) is 0 Å². The van der Waals surface area contributed by atoms with Gasteiger partial charge in [-0.15, -0.1) is 12.4 Å². The minimum absolute atomic E-state index is 0. The number of halogens is 1. The van der Waals surface area contributed by atoms with Crippen molar-refractivity contribution in [2.75, 3.05) is 26.4 Å². The van der Waals surface area contributed by atoms with Gasteiger partial charge in [-0.25, -0.2) is 0 Å². The maximum Gasteiger partial charge on any atom is 0.231 e. The number of piperidine rings is 1. The first-order valence-electron chi connectivity index (χ1n) is 9.66. The van der Waals surface area contributed by atoms with Crippen molar-refractivity contribution < 1.29 is 9.47 Å². The number of likely N-dealkylation sites (tertiary alicyclic amines) is 1. The third kappa shape index (κ3) is 4.42. The summed E-state index contributed by atoms with van der Waals surface area (Å²) < 4.78 is 11.2. The average molecular weight is 367 g/mol. The molecule has 0 amide bonds. The lowest BCUT2D eigenvalue weighted by Gasteiger charge is -2.34. The zero-order valence-corrected chi connectivity index (χ0v) is 15.8. The number of nitrogens with two attached hydrogens (primary N) is 1. The van der Waals surface area contributed by atoms with Gasteiger partial charge < -0.3 is 20.1 Å². The van der Waals surface area contributed by atoms with Crippen molar-refractivity contribution in [3.05, 3.63) is 23.8 Å². The Morgan fingerprint density at radius 1 is 1.00 bits per heavy atom. The summed E-state index contributed by atoms with van der Waals surface area (Å²) >= 11 is 0. The molecule has 0 atom stereocenters. The van der Waals surface area contributed by atoms with Crippen molar-refractivity contribution in [2.45, 2.75) is 56.9 Å². The first-order valence-corrected chi connectivity index (χ1v) is 9.66. The number of hydrogen-bond donors (Lipinski definition) is 1. The molecule has 0 radical (unpaired) electrons. The minimum Gasteiger partial charge on any atom is -0.454 e.